The first kappa shape index (κ1) is 14.8. The summed E-state index contributed by atoms with van der Waals surface area (Å²) in [5, 5.41) is 4.59. The van der Waals surface area contributed by atoms with Crippen molar-refractivity contribution < 1.29 is 0 Å². The lowest BCUT2D eigenvalue weighted by molar-refractivity contribution is 1.06. The molecule has 2 heterocycles. The summed E-state index contributed by atoms with van der Waals surface area (Å²) in [7, 11) is 4.01. The van der Waals surface area contributed by atoms with Crippen LogP contribution in [-0.2, 0) is 6.54 Å². The van der Waals surface area contributed by atoms with Gasteiger partial charge in [0.2, 0.25) is 0 Å². The fraction of sp³-hybridized carbons (Fsp3) is 0.176. The Morgan fingerprint density at radius 3 is 2.73 bits per heavy atom. The predicted octanol–water partition coefficient (Wildman–Crippen LogP) is 4.07. The molecule has 0 atom stereocenters. The summed E-state index contributed by atoms with van der Waals surface area (Å²) >= 11 is 3.44. The Bertz CT molecular complexity index is 802. The molecular formula is C17H17BrN4. The van der Waals surface area contributed by atoms with E-state index in [-0.39, 0.29) is 0 Å². The van der Waals surface area contributed by atoms with Crippen LogP contribution in [-0.4, -0.2) is 24.1 Å². The molecule has 1 N–H and O–H groups in total. The predicted molar refractivity (Wildman–Crippen MR) is 95.3 cm³/mol. The van der Waals surface area contributed by atoms with Gasteiger partial charge < -0.3 is 10.2 Å². The average molecular weight is 357 g/mol. The number of rotatable bonds is 4. The molecule has 112 valence electrons. The topological polar surface area (TPSA) is 41.0 Å². The minimum atomic E-state index is 0.724. The third-order valence-corrected chi connectivity index (χ3v) is 3.87. The van der Waals surface area contributed by atoms with Gasteiger partial charge in [-0.25, -0.2) is 4.98 Å². The second-order valence-corrected chi connectivity index (χ2v) is 6.21. The van der Waals surface area contributed by atoms with E-state index in [1.807, 2.05) is 49.5 Å². The highest BCUT2D eigenvalue weighted by Crippen LogP contribution is 2.23. The number of pyridine rings is 2. The standard InChI is InChI=1S/C17H17BrN4/c1-22(2)17-7-12(15-5-3-4-6-16(15)21-17)9-20-14-8-13(18)10-19-11-14/h3-8,10-11,20H,9H2,1-2H3. The third kappa shape index (κ3) is 3.20. The fourth-order valence-corrected chi connectivity index (χ4v) is 2.68. The molecule has 3 aromatic rings. The summed E-state index contributed by atoms with van der Waals surface area (Å²) < 4.78 is 0.964. The lowest BCUT2D eigenvalue weighted by atomic mass is 10.1. The summed E-state index contributed by atoms with van der Waals surface area (Å²) in [5.74, 6) is 0.961. The largest absolute Gasteiger partial charge is 0.380 e. The van der Waals surface area contributed by atoms with Crippen molar-refractivity contribution in [1.82, 2.24) is 9.97 Å². The molecule has 4 nitrogen and oxygen atoms in total. The Kier molecular flexibility index (Phi) is 4.24. The highest BCUT2D eigenvalue weighted by molar-refractivity contribution is 9.10. The number of para-hydroxylation sites is 1. The summed E-state index contributed by atoms with van der Waals surface area (Å²) in [6.07, 6.45) is 3.60. The first-order chi connectivity index (χ1) is 10.6. The first-order valence-corrected chi connectivity index (χ1v) is 7.83. The molecule has 5 heteroatoms. The minimum Gasteiger partial charge on any atom is -0.380 e. The smallest absolute Gasteiger partial charge is 0.129 e. The van der Waals surface area contributed by atoms with Crippen LogP contribution in [0.1, 0.15) is 5.56 Å². The van der Waals surface area contributed by atoms with E-state index in [1.54, 1.807) is 6.20 Å². The number of nitrogens with zero attached hydrogens (tertiary/aromatic N) is 3. The van der Waals surface area contributed by atoms with Crippen molar-refractivity contribution in [1.29, 1.82) is 0 Å². The van der Waals surface area contributed by atoms with Crippen molar-refractivity contribution in [3.63, 3.8) is 0 Å². The van der Waals surface area contributed by atoms with Crippen LogP contribution < -0.4 is 10.2 Å². The van der Waals surface area contributed by atoms with Crippen LogP contribution in [0, 0.1) is 0 Å². The molecule has 2 aromatic heterocycles. The number of hydrogen-bond acceptors (Lipinski definition) is 4. The van der Waals surface area contributed by atoms with Crippen molar-refractivity contribution in [2.24, 2.45) is 0 Å². The van der Waals surface area contributed by atoms with Crippen LogP contribution in [0.5, 0.6) is 0 Å². The van der Waals surface area contributed by atoms with Gasteiger partial charge in [-0.3, -0.25) is 4.98 Å². The Morgan fingerprint density at radius 2 is 1.95 bits per heavy atom. The van der Waals surface area contributed by atoms with Gasteiger partial charge in [-0.1, -0.05) is 18.2 Å². The monoisotopic (exact) mass is 356 g/mol. The Hall–Kier alpha value is -2.14. The number of benzene rings is 1. The SMILES string of the molecule is CN(C)c1cc(CNc2cncc(Br)c2)c2ccccc2n1. The molecule has 0 spiro atoms. The van der Waals surface area contributed by atoms with Gasteiger partial charge >= 0.3 is 0 Å². The molecular weight excluding hydrogens is 340 g/mol. The molecule has 0 unspecified atom stereocenters. The van der Waals surface area contributed by atoms with E-state index in [2.05, 4.69) is 43.3 Å². The summed E-state index contributed by atoms with van der Waals surface area (Å²) in [6, 6.07) is 12.4. The average Bonchev–Trinajstić information content (AvgIpc) is 2.52. The van der Waals surface area contributed by atoms with Crippen molar-refractivity contribution in [3.05, 3.63) is 58.8 Å². The molecule has 0 bridgehead atoms. The van der Waals surface area contributed by atoms with Crippen LogP contribution in [0.4, 0.5) is 11.5 Å². The van der Waals surface area contributed by atoms with E-state index in [9.17, 15) is 0 Å². The molecule has 3 rings (SSSR count). The summed E-state index contributed by atoms with van der Waals surface area (Å²) in [6.45, 7) is 0.724. The maximum Gasteiger partial charge on any atom is 0.129 e. The van der Waals surface area contributed by atoms with Gasteiger partial charge in [0.1, 0.15) is 5.82 Å². The fourth-order valence-electron chi connectivity index (χ4n) is 2.31. The number of aromatic nitrogens is 2. The van der Waals surface area contributed by atoms with Gasteiger partial charge in [0.05, 0.1) is 17.4 Å². The zero-order valence-corrected chi connectivity index (χ0v) is 14.1. The van der Waals surface area contributed by atoms with E-state index in [1.165, 1.54) is 10.9 Å². The van der Waals surface area contributed by atoms with Gasteiger partial charge in [-0.15, -0.1) is 0 Å². The molecule has 0 aliphatic heterocycles. The van der Waals surface area contributed by atoms with E-state index >= 15 is 0 Å². The lowest BCUT2D eigenvalue weighted by Crippen LogP contribution is -2.12. The molecule has 1 aromatic carbocycles. The van der Waals surface area contributed by atoms with Gasteiger partial charge in [-0.2, -0.15) is 0 Å². The van der Waals surface area contributed by atoms with Crippen molar-refractivity contribution in [2.75, 3.05) is 24.3 Å². The second-order valence-electron chi connectivity index (χ2n) is 5.30. The van der Waals surface area contributed by atoms with Gasteiger partial charge in [0.15, 0.2) is 0 Å². The molecule has 0 aliphatic rings. The van der Waals surface area contributed by atoms with Gasteiger partial charge in [-0.05, 0) is 39.7 Å². The van der Waals surface area contributed by atoms with E-state index in [4.69, 9.17) is 0 Å². The maximum atomic E-state index is 4.68. The van der Waals surface area contributed by atoms with Crippen LogP contribution >= 0.6 is 15.9 Å². The Morgan fingerprint density at radius 1 is 1.14 bits per heavy atom. The normalized spacial score (nSPS) is 10.7. The van der Waals surface area contributed by atoms with Gasteiger partial charge in [0, 0.05) is 36.7 Å². The molecule has 0 aliphatic carbocycles. The number of hydrogen-bond donors (Lipinski definition) is 1. The van der Waals surface area contributed by atoms with Crippen LogP contribution in [0.15, 0.2) is 53.3 Å². The molecule has 0 fully saturated rings. The molecule has 0 amide bonds. The van der Waals surface area contributed by atoms with Crippen LogP contribution in [0.25, 0.3) is 10.9 Å². The van der Waals surface area contributed by atoms with Crippen LogP contribution in [0.2, 0.25) is 0 Å². The Balaban J connectivity index is 1.95. The number of anilines is 2. The van der Waals surface area contributed by atoms with Crippen molar-refractivity contribution >= 4 is 38.3 Å². The molecule has 22 heavy (non-hydrogen) atoms. The zero-order valence-electron chi connectivity index (χ0n) is 12.5. The van der Waals surface area contributed by atoms with E-state index in [0.717, 1.165) is 28.0 Å². The molecule has 0 radical (unpaired) electrons. The number of halogens is 1. The van der Waals surface area contributed by atoms with E-state index in [0.29, 0.717) is 0 Å². The zero-order chi connectivity index (χ0) is 15.5. The first-order valence-electron chi connectivity index (χ1n) is 7.04. The quantitative estimate of drug-likeness (QED) is 0.764. The highest BCUT2D eigenvalue weighted by Gasteiger charge is 2.07. The summed E-state index contributed by atoms with van der Waals surface area (Å²) in [4.78, 5) is 10.9. The minimum absolute atomic E-state index is 0.724. The summed E-state index contributed by atoms with van der Waals surface area (Å²) in [5.41, 5.74) is 3.22. The lowest BCUT2D eigenvalue weighted by Gasteiger charge is -2.16. The highest BCUT2D eigenvalue weighted by atomic mass is 79.9. The van der Waals surface area contributed by atoms with Gasteiger partial charge in [0.25, 0.3) is 0 Å². The van der Waals surface area contributed by atoms with Crippen LogP contribution in [0.3, 0.4) is 0 Å². The second kappa shape index (κ2) is 6.32. The van der Waals surface area contributed by atoms with E-state index < -0.39 is 0 Å². The van der Waals surface area contributed by atoms with Crippen molar-refractivity contribution in [3.8, 4) is 0 Å². The number of fused-ring (bicyclic) bond motifs is 1. The number of nitrogens with one attached hydrogen (secondary N) is 1. The Labute approximate surface area is 138 Å². The molecule has 0 saturated heterocycles. The molecule has 0 saturated carbocycles. The van der Waals surface area contributed by atoms with Crippen molar-refractivity contribution in [2.45, 2.75) is 6.54 Å². The maximum absolute atomic E-state index is 4.68. The third-order valence-electron chi connectivity index (χ3n) is 3.43.